The molecule has 2 heteroatoms. The van der Waals surface area contributed by atoms with E-state index in [-0.39, 0.29) is 0 Å². The van der Waals surface area contributed by atoms with Gasteiger partial charge in [0.1, 0.15) is 0 Å². The molecule has 0 amide bonds. The molecule has 0 heterocycles. The summed E-state index contributed by atoms with van der Waals surface area (Å²) in [5.74, 6) is 0. The van der Waals surface area contributed by atoms with Gasteiger partial charge in [0, 0.05) is 0 Å². The van der Waals surface area contributed by atoms with E-state index in [1.54, 1.807) is 0 Å². The number of hydrogen-bond donors (Lipinski definition) is 0. The lowest BCUT2D eigenvalue weighted by molar-refractivity contribution is 0.565. The molecule has 0 spiro atoms. The van der Waals surface area contributed by atoms with Crippen LogP contribution in [0.3, 0.4) is 0 Å². The lowest BCUT2D eigenvalue weighted by Crippen LogP contribution is -1.75. The summed E-state index contributed by atoms with van der Waals surface area (Å²) >= 11 is 0. The van der Waals surface area contributed by atoms with Crippen LogP contribution in [-0.2, 0) is 11.2 Å². The smallest absolute Gasteiger partial charge is 0.211 e. The molecule has 0 unspecified atom stereocenters. The van der Waals surface area contributed by atoms with E-state index in [1.807, 2.05) is 38.1 Å². The van der Waals surface area contributed by atoms with Gasteiger partial charge in [-0.1, -0.05) is 32.9 Å². The Balaban J connectivity index is 0.000000671. The molecule has 1 rings (SSSR count). The quantitative estimate of drug-likeness (QED) is 0.503. The summed E-state index contributed by atoms with van der Waals surface area (Å²) in [7, 11) is 0. The molecule has 1 aromatic carbocycles. The van der Waals surface area contributed by atoms with Gasteiger partial charge in [0.15, 0.2) is 0 Å². The van der Waals surface area contributed by atoms with Gasteiger partial charge in [-0.15, -0.1) is 0 Å². The first-order valence-electron chi connectivity index (χ1n) is 4.53. The fraction of sp³-hybridized carbons (Fsp3) is 0.364. The molecule has 0 saturated heterocycles. The minimum absolute atomic E-state index is 0.664. The van der Waals surface area contributed by atoms with E-state index in [1.165, 1.54) is 11.6 Å². The standard InChI is InChI=1S/C9H9NO.C2H6/c1-2-8-3-5-9(6-4-8)10-7-11;1-2/h3-6H,2H2,1H3;1-2H3. The minimum atomic E-state index is 0.664. The molecule has 0 fully saturated rings. The maximum atomic E-state index is 9.84. The van der Waals surface area contributed by atoms with Crippen LogP contribution < -0.4 is 0 Å². The van der Waals surface area contributed by atoms with Gasteiger partial charge < -0.3 is 0 Å². The first-order valence-corrected chi connectivity index (χ1v) is 4.53. The van der Waals surface area contributed by atoms with Gasteiger partial charge in [0.2, 0.25) is 6.08 Å². The molecule has 0 aliphatic rings. The molecule has 0 aliphatic carbocycles. The summed E-state index contributed by atoms with van der Waals surface area (Å²) < 4.78 is 0. The van der Waals surface area contributed by atoms with E-state index >= 15 is 0 Å². The van der Waals surface area contributed by atoms with E-state index in [0.29, 0.717) is 5.69 Å². The molecule has 0 bridgehead atoms. The summed E-state index contributed by atoms with van der Waals surface area (Å²) in [4.78, 5) is 13.3. The van der Waals surface area contributed by atoms with Gasteiger partial charge >= 0.3 is 0 Å². The van der Waals surface area contributed by atoms with Crippen molar-refractivity contribution < 1.29 is 4.79 Å². The van der Waals surface area contributed by atoms with Crippen molar-refractivity contribution >= 4 is 11.8 Å². The van der Waals surface area contributed by atoms with Gasteiger partial charge in [-0.05, 0) is 24.1 Å². The first kappa shape index (κ1) is 11.6. The van der Waals surface area contributed by atoms with Crippen LogP contribution in [-0.4, -0.2) is 6.08 Å². The molecule has 13 heavy (non-hydrogen) atoms. The third-order valence-electron chi connectivity index (χ3n) is 1.52. The van der Waals surface area contributed by atoms with Crippen LogP contribution in [0.2, 0.25) is 0 Å². The van der Waals surface area contributed by atoms with Crippen molar-refractivity contribution in [2.75, 3.05) is 0 Å². The third-order valence-corrected chi connectivity index (χ3v) is 1.52. The fourth-order valence-electron chi connectivity index (χ4n) is 0.859. The van der Waals surface area contributed by atoms with Crippen LogP contribution in [0, 0.1) is 0 Å². The summed E-state index contributed by atoms with van der Waals surface area (Å²) in [5, 5.41) is 0. The first-order chi connectivity index (χ1) is 6.36. The number of benzene rings is 1. The molecule has 2 nitrogen and oxygen atoms in total. The summed E-state index contributed by atoms with van der Waals surface area (Å²) in [6.45, 7) is 6.08. The van der Waals surface area contributed by atoms with Crippen LogP contribution in [0.25, 0.3) is 0 Å². The molecule has 0 atom stereocenters. The zero-order chi connectivity index (χ0) is 10.1. The third kappa shape index (κ3) is 4.24. The highest BCUT2D eigenvalue weighted by molar-refractivity contribution is 5.49. The predicted molar refractivity (Wildman–Crippen MR) is 54.9 cm³/mol. The average molecular weight is 177 g/mol. The van der Waals surface area contributed by atoms with Gasteiger partial charge in [-0.2, -0.15) is 4.99 Å². The Morgan fingerprint density at radius 3 is 2.15 bits per heavy atom. The van der Waals surface area contributed by atoms with Crippen molar-refractivity contribution in [1.29, 1.82) is 0 Å². The maximum Gasteiger partial charge on any atom is 0.240 e. The van der Waals surface area contributed by atoms with Crippen LogP contribution >= 0.6 is 0 Å². The van der Waals surface area contributed by atoms with Crippen molar-refractivity contribution in [3.8, 4) is 0 Å². The van der Waals surface area contributed by atoms with Gasteiger partial charge in [0.05, 0.1) is 5.69 Å². The van der Waals surface area contributed by atoms with E-state index in [2.05, 4.69) is 11.9 Å². The Labute approximate surface area is 79.3 Å². The minimum Gasteiger partial charge on any atom is -0.211 e. The number of aliphatic imine (C=N–C) groups is 1. The SMILES string of the molecule is CC.CCc1ccc(N=C=O)cc1. The molecule has 0 N–H and O–H groups in total. The van der Waals surface area contributed by atoms with Crippen molar-refractivity contribution in [3.05, 3.63) is 29.8 Å². The number of carbonyl (C=O) groups excluding carboxylic acids is 1. The second kappa shape index (κ2) is 7.26. The van der Waals surface area contributed by atoms with Gasteiger partial charge in [-0.25, -0.2) is 4.79 Å². The maximum absolute atomic E-state index is 9.84. The highest BCUT2D eigenvalue weighted by Crippen LogP contribution is 2.11. The monoisotopic (exact) mass is 177 g/mol. The number of rotatable bonds is 2. The molecule has 0 radical (unpaired) electrons. The van der Waals surface area contributed by atoms with Crippen LogP contribution in [0.5, 0.6) is 0 Å². The largest absolute Gasteiger partial charge is 0.240 e. The topological polar surface area (TPSA) is 29.4 Å². The van der Waals surface area contributed by atoms with Crippen molar-refractivity contribution in [3.63, 3.8) is 0 Å². The average Bonchev–Trinajstić information content (AvgIpc) is 2.23. The zero-order valence-electron chi connectivity index (χ0n) is 8.37. The number of hydrogen-bond acceptors (Lipinski definition) is 2. The highest BCUT2D eigenvalue weighted by Gasteiger charge is 1.88. The Kier molecular flexibility index (Phi) is 6.48. The molecular formula is C11H15NO. The number of isocyanates is 1. The highest BCUT2D eigenvalue weighted by atomic mass is 16.1. The van der Waals surface area contributed by atoms with Gasteiger partial charge in [0.25, 0.3) is 0 Å². The molecule has 0 aliphatic heterocycles. The van der Waals surface area contributed by atoms with E-state index in [4.69, 9.17) is 0 Å². The molecule has 0 aromatic heterocycles. The Hall–Kier alpha value is -1.40. The van der Waals surface area contributed by atoms with Crippen LogP contribution in [0.15, 0.2) is 29.3 Å². The van der Waals surface area contributed by atoms with E-state index in [9.17, 15) is 4.79 Å². The van der Waals surface area contributed by atoms with Crippen LogP contribution in [0.4, 0.5) is 5.69 Å². The Bertz CT molecular complexity index is 271. The molecule has 1 aromatic rings. The lowest BCUT2D eigenvalue weighted by atomic mass is 10.2. The fourth-order valence-corrected chi connectivity index (χ4v) is 0.859. The van der Waals surface area contributed by atoms with Crippen molar-refractivity contribution in [2.24, 2.45) is 4.99 Å². The van der Waals surface area contributed by atoms with Gasteiger partial charge in [-0.3, -0.25) is 0 Å². The van der Waals surface area contributed by atoms with E-state index in [0.717, 1.165) is 6.42 Å². The van der Waals surface area contributed by atoms with Crippen molar-refractivity contribution in [1.82, 2.24) is 0 Å². The number of nitrogens with zero attached hydrogens (tertiary/aromatic N) is 1. The second-order valence-electron chi connectivity index (χ2n) is 2.22. The zero-order valence-corrected chi connectivity index (χ0v) is 8.37. The summed E-state index contributed by atoms with van der Waals surface area (Å²) in [6, 6.07) is 7.53. The van der Waals surface area contributed by atoms with E-state index < -0.39 is 0 Å². The lowest BCUT2D eigenvalue weighted by Gasteiger charge is -1.94. The second-order valence-corrected chi connectivity index (χ2v) is 2.22. The molecule has 0 saturated carbocycles. The normalized spacial score (nSPS) is 7.92. The number of aryl methyl sites for hydroxylation is 1. The Morgan fingerprint density at radius 1 is 1.23 bits per heavy atom. The molecule has 70 valence electrons. The predicted octanol–water partition coefficient (Wildman–Crippen LogP) is 3.24. The molecular weight excluding hydrogens is 162 g/mol. The summed E-state index contributed by atoms with van der Waals surface area (Å²) in [5.41, 5.74) is 1.91. The Morgan fingerprint density at radius 2 is 1.77 bits per heavy atom. The van der Waals surface area contributed by atoms with Crippen LogP contribution in [0.1, 0.15) is 26.3 Å². The summed E-state index contributed by atoms with van der Waals surface area (Å²) in [6.07, 6.45) is 2.50. The van der Waals surface area contributed by atoms with Crippen molar-refractivity contribution in [2.45, 2.75) is 27.2 Å².